The van der Waals surface area contributed by atoms with Gasteiger partial charge >= 0.3 is 0 Å². The van der Waals surface area contributed by atoms with Crippen molar-refractivity contribution in [2.45, 2.75) is 45.3 Å². The minimum Gasteiger partial charge on any atom is -0.489 e. The zero-order chi connectivity index (χ0) is 17.7. The van der Waals surface area contributed by atoms with Gasteiger partial charge in [-0.3, -0.25) is 4.79 Å². The molecule has 5 nitrogen and oxygen atoms in total. The monoisotopic (exact) mass is 331 g/mol. The van der Waals surface area contributed by atoms with Gasteiger partial charge in [-0.25, -0.2) is 0 Å². The van der Waals surface area contributed by atoms with Crippen molar-refractivity contribution < 1.29 is 14.9 Å². The van der Waals surface area contributed by atoms with Crippen LogP contribution in [0.5, 0.6) is 5.75 Å². The first-order valence-corrected chi connectivity index (χ1v) is 8.08. The third-order valence-electron chi connectivity index (χ3n) is 4.01. The molecule has 1 aromatic heterocycles. The predicted octanol–water partition coefficient (Wildman–Crippen LogP) is 2.77. The van der Waals surface area contributed by atoms with Crippen molar-refractivity contribution >= 4 is 10.9 Å². The summed E-state index contributed by atoms with van der Waals surface area (Å²) in [4.78, 5) is 14.4. The first-order valence-electron chi connectivity index (χ1n) is 8.08. The molecule has 2 aromatic rings. The fourth-order valence-electron chi connectivity index (χ4n) is 2.39. The predicted molar refractivity (Wildman–Crippen MR) is 95.4 cm³/mol. The van der Waals surface area contributed by atoms with E-state index in [0.29, 0.717) is 25.2 Å². The number of rotatable bonds is 7. The number of aromatic nitrogens is 1. The lowest BCUT2D eigenvalue weighted by Crippen LogP contribution is -2.35. The molecule has 0 aliphatic rings. The number of aliphatic hydroxyl groups is 2. The number of hydrogen-bond donors (Lipinski definition) is 3. The molecule has 0 aliphatic heterocycles. The summed E-state index contributed by atoms with van der Waals surface area (Å²) in [5, 5.41) is 20.4. The minimum absolute atomic E-state index is 0.197. The maximum absolute atomic E-state index is 11.7. The van der Waals surface area contributed by atoms with Crippen LogP contribution in [0.4, 0.5) is 0 Å². The Morgan fingerprint density at radius 3 is 2.79 bits per heavy atom. The summed E-state index contributed by atoms with van der Waals surface area (Å²) >= 11 is 0. The van der Waals surface area contributed by atoms with E-state index in [1.54, 1.807) is 13.8 Å². The minimum atomic E-state index is -1.10. The molecule has 2 rings (SSSR count). The summed E-state index contributed by atoms with van der Waals surface area (Å²) in [6.45, 7) is 5.49. The molecule has 3 N–H and O–H groups in total. The first kappa shape index (κ1) is 18.2. The van der Waals surface area contributed by atoms with Gasteiger partial charge in [-0.2, -0.15) is 0 Å². The number of aliphatic hydroxyl groups excluding tert-OH is 1. The Balaban J connectivity index is 1.97. The van der Waals surface area contributed by atoms with Crippen LogP contribution in [0.1, 0.15) is 33.6 Å². The molecule has 0 spiro atoms. The fourth-order valence-corrected chi connectivity index (χ4v) is 2.39. The van der Waals surface area contributed by atoms with E-state index in [2.05, 4.69) is 4.98 Å². The van der Waals surface area contributed by atoms with Crippen LogP contribution in [-0.2, 0) is 0 Å². The van der Waals surface area contributed by atoms with Gasteiger partial charge in [-0.1, -0.05) is 17.7 Å². The van der Waals surface area contributed by atoms with E-state index < -0.39 is 11.7 Å². The van der Waals surface area contributed by atoms with Crippen LogP contribution in [-0.4, -0.2) is 33.5 Å². The van der Waals surface area contributed by atoms with Crippen molar-refractivity contribution in [2.75, 3.05) is 6.61 Å². The highest BCUT2D eigenvalue weighted by Crippen LogP contribution is 2.22. The number of ether oxygens (including phenoxy) is 1. The second kappa shape index (κ2) is 7.64. The number of benzene rings is 1. The summed E-state index contributed by atoms with van der Waals surface area (Å²) in [5.41, 5.74) is 0.514. The van der Waals surface area contributed by atoms with Gasteiger partial charge < -0.3 is 19.9 Å². The maximum Gasteiger partial charge on any atom is 0.252 e. The highest BCUT2D eigenvalue weighted by molar-refractivity contribution is 5.84. The third-order valence-corrected chi connectivity index (χ3v) is 4.01. The highest BCUT2D eigenvalue weighted by Gasteiger charge is 2.23. The SMILES string of the molecule is CC(=CCOc1cc(=O)[nH]c2ccccc12)CCC(O)C(C)(C)O. The Labute approximate surface area is 141 Å². The molecule has 130 valence electrons. The molecule has 1 atom stereocenters. The van der Waals surface area contributed by atoms with Gasteiger partial charge in [0.1, 0.15) is 12.4 Å². The number of nitrogens with one attached hydrogen (secondary N) is 1. The van der Waals surface area contributed by atoms with Crippen LogP contribution < -0.4 is 10.3 Å². The number of aromatic amines is 1. The van der Waals surface area contributed by atoms with Crippen LogP contribution in [0.25, 0.3) is 10.9 Å². The average molecular weight is 331 g/mol. The molecule has 0 bridgehead atoms. The van der Waals surface area contributed by atoms with Gasteiger partial charge in [-0.05, 0) is 51.8 Å². The van der Waals surface area contributed by atoms with Gasteiger partial charge in [-0.15, -0.1) is 0 Å². The maximum atomic E-state index is 11.7. The standard InChI is InChI=1S/C19H25NO4/c1-13(8-9-17(21)19(2,3)23)10-11-24-16-12-18(22)20-15-7-5-4-6-14(15)16/h4-7,10,12,17,21,23H,8-9,11H2,1-3H3,(H,20,22). The van der Waals surface area contributed by atoms with Crippen LogP contribution in [0, 0.1) is 0 Å². The molecule has 24 heavy (non-hydrogen) atoms. The highest BCUT2D eigenvalue weighted by atomic mass is 16.5. The van der Waals surface area contributed by atoms with Crippen molar-refractivity contribution in [1.82, 2.24) is 4.98 Å². The molecule has 1 unspecified atom stereocenters. The molecule has 0 amide bonds. The average Bonchev–Trinajstić information content (AvgIpc) is 2.51. The fraction of sp³-hybridized carbons (Fsp3) is 0.421. The molecule has 5 heteroatoms. The van der Waals surface area contributed by atoms with Crippen LogP contribution in [0.3, 0.4) is 0 Å². The summed E-state index contributed by atoms with van der Waals surface area (Å²) in [6, 6.07) is 8.94. The molecular weight excluding hydrogens is 306 g/mol. The van der Waals surface area contributed by atoms with Crippen molar-refractivity contribution in [3.05, 3.63) is 52.3 Å². The zero-order valence-corrected chi connectivity index (χ0v) is 14.4. The number of pyridine rings is 1. The quantitative estimate of drug-likeness (QED) is 0.681. The summed E-state index contributed by atoms with van der Waals surface area (Å²) in [7, 11) is 0. The Morgan fingerprint density at radius 1 is 1.38 bits per heavy atom. The van der Waals surface area contributed by atoms with Gasteiger partial charge in [0.05, 0.1) is 17.2 Å². The van der Waals surface area contributed by atoms with Gasteiger partial charge in [0.2, 0.25) is 0 Å². The smallest absolute Gasteiger partial charge is 0.252 e. The van der Waals surface area contributed by atoms with Crippen molar-refractivity contribution in [3.63, 3.8) is 0 Å². The largest absolute Gasteiger partial charge is 0.489 e. The van der Waals surface area contributed by atoms with Crippen LogP contribution in [0.15, 0.2) is 46.8 Å². The summed E-state index contributed by atoms with van der Waals surface area (Å²) in [5.74, 6) is 0.551. The number of hydrogen-bond acceptors (Lipinski definition) is 4. The topological polar surface area (TPSA) is 82.6 Å². The number of H-pyrrole nitrogens is 1. The van der Waals surface area contributed by atoms with E-state index in [4.69, 9.17) is 4.74 Å². The molecule has 1 heterocycles. The molecule has 0 saturated carbocycles. The Bertz CT molecular complexity index is 771. The van der Waals surface area contributed by atoms with E-state index >= 15 is 0 Å². The molecule has 0 radical (unpaired) electrons. The van der Waals surface area contributed by atoms with Crippen molar-refractivity contribution in [1.29, 1.82) is 0 Å². The Kier molecular flexibility index (Phi) is 5.80. The zero-order valence-electron chi connectivity index (χ0n) is 14.4. The molecule has 1 aromatic carbocycles. The molecule has 0 saturated heterocycles. The second-order valence-corrected chi connectivity index (χ2v) is 6.61. The van der Waals surface area contributed by atoms with Gasteiger partial charge in [0.15, 0.2) is 0 Å². The molecule has 0 fully saturated rings. The summed E-state index contributed by atoms with van der Waals surface area (Å²) in [6.07, 6.45) is 2.32. The van der Waals surface area contributed by atoms with E-state index in [-0.39, 0.29) is 5.56 Å². The second-order valence-electron chi connectivity index (χ2n) is 6.61. The Hall–Kier alpha value is -2.11. The van der Waals surface area contributed by atoms with E-state index in [1.807, 2.05) is 37.3 Å². The van der Waals surface area contributed by atoms with Gasteiger partial charge in [0, 0.05) is 11.5 Å². The van der Waals surface area contributed by atoms with Crippen molar-refractivity contribution in [3.8, 4) is 5.75 Å². The van der Waals surface area contributed by atoms with Crippen LogP contribution >= 0.6 is 0 Å². The Morgan fingerprint density at radius 2 is 2.08 bits per heavy atom. The first-order chi connectivity index (χ1) is 11.3. The summed E-state index contributed by atoms with van der Waals surface area (Å²) < 4.78 is 5.74. The number of para-hydroxylation sites is 1. The third kappa shape index (κ3) is 4.94. The van der Waals surface area contributed by atoms with Crippen LogP contribution in [0.2, 0.25) is 0 Å². The van der Waals surface area contributed by atoms with Crippen molar-refractivity contribution in [2.24, 2.45) is 0 Å². The molecule has 0 aliphatic carbocycles. The van der Waals surface area contributed by atoms with E-state index in [0.717, 1.165) is 16.5 Å². The normalized spacial score (nSPS) is 14.0. The lowest BCUT2D eigenvalue weighted by molar-refractivity contribution is -0.0509. The van der Waals surface area contributed by atoms with Gasteiger partial charge in [0.25, 0.3) is 5.56 Å². The van der Waals surface area contributed by atoms with E-state index in [1.165, 1.54) is 6.07 Å². The number of allylic oxidation sites excluding steroid dienone is 1. The lowest BCUT2D eigenvalue weighted by atomic mass is 9.96. The lowest BCUT2D eigenvalue weighted by Gasteiger charge is -2.24. The number of fused-ring (bicyclic) bond motifs is 1. The molecular formula is C19H25NO4. The van der Waals surface area contributed by atoms with E-state index in [9.17, 15) is 15.0 Å².